The van der Waals surface area contributed by atoms with Gasteiger partial charge in [0.15, 0.2) is 5.96 Å². The van der Waals surface area contributed by atoms with E-state index < -0.39 is 0 Å². The average Bonchev–Trinajstić information content (AvgIpc) is 3.24. The minimum atomic E-state index is 0. The average molecular weight is 465 g/mol. The molecule has 144 valence electrons. The summed E-state index contributed by atoms with van der Waals surface area (Å²) in [6.07, 6.45) is 9.63. The molecule has 8 heteroatoms. The highest BCUT2D eigenvalue weighted by molar-refractivity contribution is 14.0. The smallest absolute Gasteiger partial charge is 0.190 e. The van der Waals surface area contributed by atoms with Crippen molar-refractivity contribution in [3.8, 4) is 0 Å². The van der Waals surface area contributed by atoms with Gasteiger partial charge in [-0.2, -0.15) is 5.10 Å². The largest absolute Gasteiger partial charge is 0.379 e. The lowest BCUT2D eigenvalue weighted by molar-refractivity contribution is 0.0168. The van der Waals surface area contributed by atoms with Crippen LogP contribution in [0.15, 0.2) is 17.4 Å². The Bertz CT molecular complexity index is 489. The first-order valence-corrected chi connectivity index (χ1v) is 8.89. The summed E-state index contributed by atoms with van der Waals surface area (Å²) in [7, 11) is 3.74. The number of hydrogen-bond acceptors (Lipinski definition) is 4. The normalized spacial score (nSPS) is 17.4. The molecule has 7 nitrogen and oxygen atoms in total. The molecule has 2 rings (SSSR count). The third-order valence-corrected chi connectivity index (χ3v) is 4.00. The highest BCUT2D eigenvalue weighted by atomic mass is 127. The summed E-state index contributed by atoms with van der Waals surface area (Å²) in [5.74, 6) is 0.848. The topological polar surface area (TPSA) is 72.7 Å². The van der Waals surface area contributed by atoms with Crippen LogP contribution >= 0.6 is 24.0 Å². The van der Waals surface area contributed by atoms with Crippen molar-refractivity contribution in [3.05, 3.63) is 18.0 Å². The van der Waals surface area contributed by atoms with E-state index in [4.69, 9.17) is 9.47 Å². The van der Waals surface area contributed by atoms with E-state index in [2.05, 4.69) is 26.9 Å². The van der Waals surface area contributed by atoms with E-state index in [1.165, 1.54) is 12.0 Å². The molecule has 0 bridgehead atoms. The van der Waals surface area contributed by atoms with E-state index in [1.54, 1.807) is 7.05 Å². The molecule has 0 radical (unpaired) electrons. The molecule has 1 aromatic rings. The van der Waals surface area contributed by atoms with Crippen LogP contribution in [-0.4, -0.2) is 61.8 Å². The quantitative estimate of drug-likeness (QED) is 0.238. The van der Waals surface area contributed by atoms with Crippen LogP contribution in [0.25, 0.3) is 0 Å². The second kappa shape index (κ2) is 13.3. The number of aliphatic imine (C=N–C) groups is 1. The molecular weight excluding hydrogens is 433 g/mol. The highest BCUT2D eigenvalue weighted by Gasteiger charge is 2.14. The molecule has 1 aliphatic heterocycles. The predicted molar refractivity (Wildman–Crippen MR) is 111 cm³/mol. The first kappa shape index (κ1) is 22.2. The van der Waals surface area contributed by atoms with E-state index in [0.29, 0.717) is 6.10 Å². The van der Waals surface area contributed by atoms with Gasteiger partial charge >= 0.3 is 0 Å². The molecule has 1 aromatic heterocycles. The number of aromatic nitrogens is 2. The van der Waals surface area contributed by atoms with E-state index in [1.807, 2.05) is 17.9 Å². The fourth-order valence-corrected chi connectivity index (χ4v) is 2.69. The SMILES string of the molecule is CN=C(NCCCOCC1CCCO1)NCCCc1cnn(C)c1.I. The van der Waals surface area contributed by atoms with Crippen molar-refractivity contribution >= 4 is 29.9 Å². The highest BCUT2D eigenvalue weighted by Crippen LogP contribution is 2.11. The lowest BCUT2D eigenvalue weighted by Gasteiger charge is -2.12. The van der Waals surface area contributed by atoms with E-state index in [9.17, 15) is 0 Å². The molecule has 1 aliphatic rings. The van der Waals surface area contributed by atoms with E-state index in [-0.39, 0.29) is 24.0 Å². The van der Waals surface area contributed by atoms with Gasteiger partial charge in [-0.3, -0.25) is 9.67 Å². The zero-order valence-electron chi connectivity index (χ0n) is 15.4. The van der Waals surface area contributed by atoms with Crippen molar-refractivity contribution in [1.29, 1.82) is 0 Å². The summed E-state index contributed by atoms with van der Waals surface area (Å²) in [5, 5.41) is 10.8. The van der Waals surface area contributed by atoms with Crippen LogP contribution < -0.4 is 10.6 Å². The molecule has 2 N–H and O–H groups in total. The van der Waals surface area contributed by atoms with Gasteiger partial charge in [0, 0.05) is 46.6 Å². The van der Waals surface area contributed by atoms with Crippen LogP contribution in [0.4, 0.5) is 0 Å². The van der Waals surface area contributed by atoms with Gasteiger partial charge in [-0.05, 0) is 37.7 Å². The number of nitrogens with one attached hydrogen (secondary N) is 2. The summed E-state index contributed by atoms with van der Waals surface area (Å²) < 4.78 is 13.0. The van der Waals surface area contributed by atoms with Crippen molar-refractivity contribution in [2.45, 2.75) is 38.2 Å². The lowest BCUT2D eigenvalue weighted by Crippen LogP contribution is -2.38. The van der Waals surface area contributed by atoms with Crippen LogP contribution in [0.3, 0.4) is 0 Å². The van der Waals surface area contributed by atoms with Crippen LogP contribution in [0, 0.1) is 0 Å². The number of aryl methyl sites for hydroxylation is 2. The van der Waals surface area contributed by atoms with Gasteiger partial charge in [-0.25, -0.2) is 0 Å². The lowest BCUT2D eigenvalue weighted by atomic mass is 10.2. The van der Waals surface area contributed by atoms with Crippen LogP contribution in [-0.2, 0) is 22.9 Å². The Kier molecular flexibility index (Phi) is 11.8. The van der Waals surface area contributed by atoms with Crippen molar-refractivity contribution in [3.63, 3.8) is 0 Å². The third-order valence-electron chi connectivity index (χ3n) is 4.00. The molecule has 1 unspecified atom stereocenters. The van der Waals surface area contributed by atoms with Crippen LogP contribution in [0.5, 0.6) is 0 Å². The fourth-order valence-electron chi connectivity index (χ4n) is 2.69. The Morgan fingerprint density at radius 2 is 2.20 bits per heavy atom. The van der Waals surface area contributed by atoms with Crippen molar-refractivity contribution in [2.24, 2.45) is 12.0 Å². The molecule has 0 amide bonds. The summed E-state index contributed by atoms with van der Waals surface area (Å²) >= 11 is 0. The second-order valence-electron chi connectivity index (χ2n) is 6.12. The van der Waals surface area contributed by atoms with Gasteiger partial charge in [0.05, 0.1) is 18.9 Å². The van der Waals surface area contributed by atoms with Gasteiger partial charge in [-0.15, -0.1) is 24.0 Å². The number of nitrogens with zero attached hydrogens (tertiary/aromatic N) is 3. The predicted octanol–water partition coefficient (Wildman–Crippen LogP) is 1.72. The zero-order valence-corrected chi connectivity index (χ0v) is 17.7. The van der Waals surface area contributed by atoms with Crippen molar-refractivity contribution in [2.75, 3.05) is 40.0 Å². The Morgan fingerprint density at radius 3 is 2.84 bits per heavy atom. The summed E-state index contributed by atoms with van der Waals surface area (Å²) in [5.41, 5.74) is 1.27. The molecule has 1 saturated heterocycles. The Morgan fingerprint density at radius 1 is 1.40 bits per heavy atom. The zero-order chi connectivity index (χ0) is 17.0. The van der Waals surface area contributed by atoms with Crippen LogP contribution in [0.1, 0.15) is 31.2 Å². The Labute approximate surface area is 168 Å². The third kappa shape index (κ3) is 9.41. The fraction of sp³-hybridized carbons (Fsp3) is 0.765. The summed E-state index contributed by atoms with van der Waals surface area (Å²) in [4.78, 5) is 4.23. The van der Waals surface area contributed by atoms with Gasteiger partial charge in [0.2, 0.25) is 0 Å². The molecule has 1 fully saturated rings. The molecule has 0 spiro atoms. The Hall–Kier alpha value is -0.870. The van der Waals surface area contributed by atoms with Gasteiger partial charge in [0.25, 0.3) is 0 Å². The molecule has 25 heavy (non-hydrogen) atoms. The monoisotopic (exact) mass is 465 g/mol. The van der Waals surface area contributed by atoms with Gasteiger partial charge in [-0.1, -0.05) is 0 Å². The number of ether oxygens (including phenoxy) is 2. The minimum Gasteiger partial charge on any atom is -0.379 e. The first-order valence-electron chi connectivity index (χ1n) is 8.89. The summed E-state index contributed by atoms with van der Waals surface area (Å²) in [6.45, 7) is 4.11. The standard InChI is InChI=1S/C17H31N5O2.HI/c1-18-17(19-8-3-6-15-12-21-22(2)13-15)20-9-5-10-23-14-16-7-4-11-24-16;/h12-13,16H,3-11,14H2,1-2H3,(H2,18,19,20);1H. The second-order valence-corrected chi connectivity index (χ2v) is 6.12. The van der Waals surface area contributed by atoms with Crippen molar-refractivity contribution < 1.29 is 9.47 Å². The number of hydrogen-bond donors (Lipinski definition) is 2. The maximum atomic E-state index is 5.65. The maximum Gasteiger partial charge on any atom is 0.190 e. The number of halogens is 1. The van der Waals surface area contributed by atoms with E-state index >= 15 is 0 Å². The minimum absolute atomic E-state index is 0. The summed E-state index contributed by atoms with van der Waals surface area (Å²) in [6, 6.07) is 0. The molecule has 2 heterocycles. The molecule has 0 aromatic carbocycles. The van der Waals surface area contributed by atoms with Gasteiger partial charge in [0.1, 0.15) is 0 Å². The molecule has 1 atom stereocenters. The number of guanidine groups is 1. The van der Waals surface area contributed by atoms with Gasteiger partial charge < -0.3 is 20.1 Å². The Balaban J connectivity index is 0.00000312. The maximum absolute atomic E-state index is 5.65. The number of rotatable bonds is 10. The van der Waals surface area contributed by atoms with Crippen molar-refractivity contribution in [1.82, 2.24) is 20.4 Å². The molecule has 0 saturated carbocycles. The molecular formula is C17H32IN5O2. The molecule has 0 aliphatic carbocycles. The van der Waals surface area contributed by atoms with Crippen LogP contribution in [0.2, 0.25) is 0 Å². The first-order chi connectivity index (χ1) is 11.8. The van der Waals surface area contributed by atoms with E-state index in [0.717, 1.165) is 64.6 Å².